The molecule has 0 heterocycles. The Hall–Kier alpha value is -0.251. The molecule has 0 bridgehead atoms. The van der Waals surface area contributed by atoms with Crippen LogP contribution in [0.2, 0.25) is 0 Å². The molecule has 0 saturated heterocycles. The summed E-state index contributed by atoms with van der Waals surface area (Å²) in [7, 11) is 0. The van der Waals surface area contributed by atoms with Crippen molar-refractivity contribution >= 4 is 20.7 Å². The van der Waals surface area contributed by atoms with Gasteiger partial charge in [-0.1, -0.05) is 0 Å². The minimum absolute atomic E-state index is 0.398. The zero-order valence-corrected chi connectivity index (χ0v) is 4.72. The molecule has 4 nitrogen and oxygen atoms in total. The average molecular weight is 152 g/mol. The number of hydrazine groups is 1. The third-order valence-corrected chi connectivity index (χ3v) is 0.709. The van der Waals surface area contributed by atoms with Crippen molar-refractivity contribution in [2.75, 3.05) is 0 Å². The van der Waals surface area contributed by atoms with Crippen LogP contribution in [0.4, 0.5) is 0 Å². The van der Waals surface area contributed by atoms with Crippen LogP contribution in [0, 0.1) is 0 Å². The molecular formula is CH5N4Se. The van der Waals surface area contributed by atoms with Crippen LogP contribution in [0.1, 0.15) is 0 Å². The number of hydrazone groups is 1. The topological polar surface area (TPSA) is 76.4 Å². The summed E-state index contributed by atoms with van der Waals surface area (Å²) in [6.45, 7) is 0. The molecule has 0 spiro atoms. The monoisotopic (exact) mass is 153 g/mol. The SMILES string of the molecule is NN=C([Se])NN. The second kappa shape index (κ2) is 2.96. The van der Waals surface area contributed by atoms with Gasteiger partial charge in [-0.05, 0) is 0 Å². The molecule has 1 radical (unpaired) electrons. The van der Waals surface area contributed by atoms with Crippen molar-refractivity contribution in [3.05, 3.63) is 0 Å². The van der Waals surface area contributed by atoms with Gasteiger partial charge in [0.05, 0.1) is 0 Å². The van der Waals surface area contributed by atoms with Gasteiger partial charge in [0.2, 0.25) is 0 Å². The molecule has 0 atom stereocenters. The maximum absolute atomic E-state index is 4.79. The number of amidine groups is 1. The molecule has 0 aliphatic rings. The Labute approximate surface area is 43.7 Å². The second-order valence-electron chi connectivity index (χ2n) is 0.579. The summed E-state index contributed by atoms with van der Waals surface area (Å²) in [6, 6.07) is 0. The number of nitrogens with two attached hydrogens (primary N) is 2. The fourth-order valence-electron chi connectivity index (χ4n) is 0.0373. The molecule has 0 saturated carbocycles. The molecule has 0 aromatic heterocycles. The summed E-state index contributed by atoms with van der Waals surface area (Å²) < 4.78 is 0.398. The standard InChI is InChI=1S/CH5N4Se/c2-4-1(6)5-3/h2-3H2,(H,4,5). The summed E-state index contributed by atoms with van der Waals surface area (Å²) in [5.74, 6) is 9.49. The van der Waals surface area contributed by atoms with Crippen molar-refractivity contribution in [2.24, 2.45) is 16.8 Å². The van der Waals surface area contributed by atoms with Gasteiger partial charge in [0.15, 0.2) is 0 Å². The van der Waals surface area contributed by atoms with Crippen LogP contribution in [0.25, 0.3) is 0 Å². The summed E-state index contributed by atoms with van der Waals surface area (Å²) in [6.07, 6.45) is 0. The molecule has 5 heteroatoms. The van der Waals surface area contributed by atoms with E-state index in [9.17, 15) is 0 Å². The Morgan fingerprint density at radius 2 is 2.33 bits per heavy atom. The Bertz CT molecular complexity index is 58.6. The summed E-state index contributed by atoms with van der Waals surface area (Å²) >= 11 is 2.47. The molecule has 0 aliphatic carbocycles. The number of hydrogen-bond acceptors (Lipinski definition) is 3. The Kier molecular flexibility index (Phi) is 2.84. The summed E-state index contributed by atoms with van der Waals surface area (Å²) in [4.78, 5) is 0. The predicted octanol–water partition coefficient (Wildman–Crippen LogP) is -2.15. The van der Waals surface area contributed by atoms with Crippen molar-refractivity contribution < 1.29 is 0 Å². The van der Waals surface area contributed by atoms with E-state index in [1.54, 1.807) is 0 Å². The third kappa shape index (κ3) is 2.02. The Morgan fingerprint density at radius 1 is 1.83 bits per heavy atom. The molecule has 0 aromatic carbocycles. The van der Waals surface area contributed by atoms with Crippen LogP contribution in [-0.4, -0.2) is 20.7 Å². The molecule has 35 valence electrons. The van der Waals surface area contributed by atoms with E-state index in [1.165, 1.54) is 0 Å². The van der Waals surface area contributed by atoms with Gasteiger partial charge in [-0.25, -0.2) is 0 Å². The van der Waals surface area contributed by atoms with Crippen LogP contribution in [-0.2, 0) is 0 Å². The van der Waals surface area contributed by atoms with Gasteiger partial charge in [0.1, 0.15) is 0 Å². The molecular weight excluding hydrogens is 147 g/mol. The van der Waals surface area contributed by atoms with Crippen molar-refractivity contribution in [3.8, 4) is 0 Å². The van der Waals surface area contributed by atoms with Crippen LogP contribution < -0.4 is 17.1 Å². The van der Waals surface area contributed by atoms with Crippen molar-refractivity contribution in [1.82, 2.24) is 5.43 Å². The van der Waals surface area contributed by atoms with Gasteiger partial charge in [0, 0.05) is 0 Å². The van der Waals surface area contributed by atoms with Gasteiger partial charge < -0.3 is 0 Å². The number of nitrogens with one attached hydrogen (secondary N) is 1. The predicted molar refractivity (Wildman–Crippen MR) is 24.7 cm³/mol. The van der Waals surface area contributed by atoms with Crippen LogP contribution in [0.3, 0.4) is 0 Å². The van der Waals surface area contributed by atoms with E-state index in [1.807, 2.05) is 0 Å². The van der Waals surface area contributed by atoms with E-state index in [2.05, 4.69) is 26.5 Å². The first-order valence-corrected chi connectivity index (χ1v) is 2.08. The zero-order chi connectivity index (χ0) is 4.99. The van der Waals surface area contributed by atoms with E-state index >= 15 is 0 Å². The van der Waals surface area contributed by atoms with Gasteiger partial charge >= 0.3 is 43.0 Å². The van der Waals surface area contributed by atoms with E-state index in [0.29, 0.717) is 4.73 Å². The molecule has 0 aliphatic heterocycles. The van der Waals surface area contributed by atoms with E-state index in [4.69, 9.17) is 11.7 Å². The Morgan fingerprint density at radius 3 is 2.33 bits per heavy atom. The van der Waals surface area contributed by atoms with E-state index < -0.39 is 0 Å². The van der Waals surface area contributed by atoms with Crippen molar-refractivity contribution in [3.63, 3.8) is 0 Å². The van der Waals surface area contributed by atoms with Gasteiger partial charge in [0.25, 0.3) is 0 Å². The van der Waals surface area contributed by atoms with Crippen LogP contribution in [0.5, 0.6) is 0 Å². The zero-order valence-electron chi connectivity index (χ0n) is 3.01. The first kappa shape index (κ1) is 5.75. The van der Waals surface area contributed by atoms with Crippen molar-refractivity contribution in [2.45, 2.75) is 0 Å². The third-order valence-electron chi connectivity index (χ3n) is 0.241. The molecule has 0 aromatic rings. The Balaban J connectivity index is 3.22. The van der Waals surface area contributed by atoms with E-state index in [-0.39, 0.29) is 0 Å². The maximum atomic E-state index is 4.79. The van der Waals surface area contributed by atoms with Gasteiger partial charge in [-0.3, -0.25) is 0 Å². The molecule has 6 heavy (non-hydrogen) atoms. The second-order valence-corrected chi connectivity index (χ2v) is 1.39. The van der Waals surface area contributed by atoms with Gasteiger partial charge in [-0.15, -0.1) is 0 Å². The van der Waals surface area contributed by atoms with E-state index in [0.717, 1.165) is 0 Å². The molecule has 0 amide bonds. The van der Waals surface area contributed by atoms with Gasteiger partial charge in [-0.2, -0.15) is 0 Å². The molecule has 5 N–H and O–H groups in total. The summed E-state index contributed by atoms with van der Waals surface area (Å²) in [5, 5.41) is 3.13. The molecule has 0 rings (SSSR count). The first-order chi connectivity index (χ1) is 2.81. The molecule has 0 unspecified atom stereocenters. The van der Waals surface area contributed by atoms with Crippen LogP contribution in [0.15, 0.2) is 5.10 Å². The fourth-order valence-corrected chi connectivity index (χ4v) is 0.0373. The van der Waals surface area contributed by atoms with Crippen molar-refractivity contribution in [1.29, 1.82) is 0 Å². The number of rotatable bonds is 0. The number of hydrogen-bond donors (Lipinski definition) is 3. The minimum atomic E-state index is 0.398. The quantitative estimate of drug-likeness (QED) is 0.122. The average Bonchev–Trinajstić information content (AvgIpc) is 1.65. The molecule has 0 fully saturated rings. The fraction of sp³-hybridized carbons (Fsp3) is 0. The summed E-state index contributed by atoms with van der Waals surface area (Å²) in [5.41, 5.74) is 2.18. The first-order valence-electron chi connectivity index (χ1n) is 1.22. The van der Waals surface area contributed by atoms with Crippen LogP contribution >= 0.6 is 0 Å². The number of nitrogens with zero attached hydrogens (tertiary/aromatic N) is 1. The normalized spacial score (nSPS) is 11.2.